The molecule has 1 spiro atoms. The quantitative estimate of drug-likeness (QED) is 0.852. The van der Waals surface area contributed by atoms with Gasteiger partial charge in [-0.25, -0.2) is 0 Å². The summed E-state index contributed by atoms with van der Waals surface area (Å²) in [5.41, 5.74) is 1.38. The molecule has 1 aromatic carbocycles. The minimum Gasteiger partial charge on any atom is -0.487 e. The molecule has 3 unspecified atom stereocenters. The highest BCUT2D eigenvalue weighted by Gasteiger charge is 2.47. The van der Waals surface area contributed by atoms with Gasteiger partial charge < -0.3 is 10.1 Å². The van der Waals surface area contributed by atoms with Gasteiger partial charge in [-0.1, -0.05) is 29.8 Å². The average Bonchev–Trinajstić information content (AvgIpc) is 2.78. The lowest BCUT2D eigenvalue weighted by Gasteiger charge is -2.43. The number of halogens is 1. The van der Waals surface area contributed by atoms with Gasteiger partial charge >= 0.3 is 0 Å². The van der Waals surface area contributed by atoms with Crippen molar-refractivity contribution in [1.29, 1.82) is 0 Å². The fraction of sp³-hybridized carbons (Fsp3) is 0.647. The second-order valence-corrected chi connectivity index (χ2v) is 7.27. The molecule has 3 atom stereocenters. The van der Waals surface area contributed by atoms with Crippen LogP contribution in [0.4, 0.5) is 0 Å². The van der Waals surface area contributed by atoms with E-state index in [1.807, 2.05) is 0 Å². The van der Waals surface area contributed by atoms with Gasteiger partial charge in [0.1, 0.15) is 11.4 Å². The van der Waals surface area contributed by atoms with Crippen molar-refractivity contribution >= 4 is 15.9 Å². The van der Waals surface area contributed by atoms with Crippen molar-refractivity contribution in [2.24, 2.45) is 5.92 Å². The van der Waals surface area contributed by atoms with Crippen LogP contribution in [0.1, 0.15) is 57.6 Å². The fourth-order valence-corrected chi connectivity index (χ4v) is 4.15. The monoisotopic (exact) mass is 337 g/mol. The van der Waals surface area contributed by atoms with Crippen molar-refractivity contribution in [3.05, 3.63) is 28.2 Å². The maximum atomic E-state index is 6.50. The molecule has 3 rings (SSSR count). The number of hydrogen-bond donors (Lipinski definition) is 1. The molecule has 2 aliphatic rings. The van der Waals surface area contributed by atoms with Gasteiger partial charge in [-0.05, 0) is 56.3 Å². The number of nitrogens with one attached hydrogen (secondary N) is 1. The second kappa shape index (κ2) is 5.69. The molecule has 1 aromatic rings. The van der Waals surface area contributed by atoms with Gasteiger partial charge in [0.15, 0.2) is 0 Å². The molecule has 20 heavy (non-hydrogen) atoms. The first-order valence-electron chi connectivity index (χ1n) is 7.86. The van der Waals surface area contributed by atoms with Gasteiger partial charge in [0.25, 0.3) is 0 Å². The normalized spacial score (nSPS) is 32.1. The van der Waals surface area contributed by atoms with Gasteiger partial charge in [0.2, 0.25) is 0 Å². The first kappa shape index (κ1) is 14.4. The Morgan fingerprint density at radius 2 is 2.30 bits per heavy atom. The molecule has 3 heteroatoms. The van der Waals surface area contributed by atoms with E-state index in [1.165, 1.54) is 31.2 Å². The van der Waals surface area contributed by atoms with E-state index >= 15 is 0 Å². The van der Waals surface area contributed by atoms with Crippen molar-refractivity contribution in [2.75, 3.05) is 6.54 Å². The Balaban J connectivity index is 1.94. The summed E-state index contributed by atoms with van der Waals surface area (Å²) < 4.78 is 7.63. The molecule has 2 nitrogen and oxygen atoms in total. The molecule has 1 N–H and O–H groups in total. The molecular weight excluding hydrogens is 314 g/mol. The van der Waals surface area contributed by atoms with Gasteiger partial charge in [-0.15, -0.1) is 0 Å². The second-order valence-electron chi connectivity index (χ2n) is 6.35. The van der Waals surface area contributed by atoms with Crippen LogP contribution in [-0.2, 0) is 0 Å². The predicted octanol–water partition coefficient (Wildman–Crippen LogP) is 4.83. The van der Waals surface area contributed by atoms with Crippen LogP contribution >= 0.6 is 15.9 Å². The number of hydrogen-bond acceptors (Lipinski definition) is 2. The third-order valence-corrected chi connectivity index (χ3v) is 5.48. The van der Waals surface area contributed by atoms with E-state index in [0.717, 1.165) is 23.2 Å². The summed E-state index contributed by atoms with van der Waals surface area (Å²) in [5.74, 6) is 1.74. The molecule has 0 radical (unpaired) electrons. The number of fused-ring (bicyclic) bond motifs is 1. The molecule has 1 saturated carbocycles. The van der Waals surface area contributed by atoms with E-state index in [4.69, 9.17) is 4.74 Å². The zero-order valence-electron chi connectivity index (χ0n) is 12.4. The van der Waals surface area contributed by atoms with Crippen LogP contribution in [0.15, 0.2) is 22.7 Å². The van der Waals surface area contributed by atoms with Crippen LogP contribution in [0.3, 0.4) is 0 Å². The highest BCUT2D eigenvalue weighted by atomic mass is 79.9. The van der Waals surface area contributed by atoms with Gasteiger partial charge in [0, 0.05) is 22.5 Å². The molecule has 0 bridgehead atoms. The molecule has 0 amide bonds. The summed E-state index contributed by atoms with van der Waals surface area (Å²) in [7, 11) is 0. The minimum absolute atomic E-state index is 0.0617. The zero-order chi connectivity index (χ0) is 14.2. The maximum Gasteiger partial charge on any atom is 0.125 e. The number of benzene rings is 1. The molecular formula is C17H24BrNO. The van der Waals surface area contributed by atoms with E-state index in [9.17, 15) is 0 Å². The summed E-state index contributed by atoms with van der Waals surface area (Å²) in [4.78, 5) is 0. The Bertz CT molecular complexity index is 490. The largest absolute Gasteiger partial charge is 0.487 e. The lowest BCUT2D eigenvalue weighted by molar-refractivity contribution is 0.00183. The summed E-state index contributed by atoms with van der Waals surface area (Å²) in [6, 6.07) is 6.87. The van der Waals surface area contributed by atoms with Crippen LogP contribution in [0.2, 0.25) is 0 Å². The lowest BCUT2D eigenvalue weighted by Crippen LogP contribution is -2.46. The lowest BCUT2D eigenvalue weighted by atomic mass is 9.81. The van der Waals surface area contributed by atoms with Crippen LogP contribution < -0.4 is 10.1 Å². The van der Waals surface area contributed by atoms with Crippen molar-refractivity contribution in [2.45, 2.75) is 57.6 Å². The first-order valence-corrected chi connectivity index (χ1v) is 8.66. The molecule has 1 heterocycles. The Hall–Kier alpha value is -0.540. The van der Waals surface area contributed by atoms with Gasteiger partial charge in [0.05, 0.1) is 0 Å². The molecule has 0 aromatic heterocycles. The smallest absolute Gasteiger partial charge is 0.125 e. The topological polar surface area (TPSA) is 21.3 Å². The molecule has 1 aliphatic heterocycles. The van der Waals surface area contributed by atoms with E-state index in [1.54, 1.807) is 0 Å². The van der Waals surface area contributed by atoms with E-state index < -0.39 is 0 Å². The zero-order valence-corrected chi connectivity index (χ0v) is 14.0. The Morgan fingerprint density at radius 3 is 3.00 bits per heavy atom. The summed E-state index contributed by atoms with van der Waals surface area (Å²) in [6.07, 6.45) is 6.08. The fourth-order valence-electron chi connectivity index (χ4n) is 3.77. The van der Waals surface area contributed by atoms with E-state index in [0.29, 0.717) is 12.0 Å². The third-order valence-electron chi connectivity index (χ3n) is 4.99. The Labute approximate surface area is 130 Å². The Kier molecular flexibility index (Phi) is 4.09. The standard InChI is InChI=1S/C17H24BrNO/c1-3-9-19-15-11-17(8-4-5-12(17)2)20-16-7-6-13(18)10-14(15)16/h6-7,10,12,15,19H,3-5,8-9,11H2,1-2H3. The van der Waals surface area contributed by atoms with Crippen molar-refractivity contribution in [3.8, 4) is 5.75 Å². The summed E-state index contributed by atoms with van der Waals surface area (Å²) in [6.45, 7) is 5.65. The van der Waals surface area contributed by atoms with Crippen LogP contribution in [0.5, 0.6) is 5.75 Å². The number of rotatable bonds is 3. The van der Waals surface area contributed by atoms with Gasteiger partial charge in [-0.3, -0.25) is 0 Å². The van der Waals surface area contributed by atoms with Crippen LogP contribution in [0.25, 0.3) is 0 Å². The predicted molar refractivity (Wildman–Crippen MR) is 86.2 cm³/mol. The molecule has 0 saturated heterocycles. The van der Waals surface area contributed by atoms with Crippen molar-refractivity contribution < 1.29 is 4.74 Å². The molecule has 110 valence electrons. The van der Waals surface area contributed by atoms with E-state index in [2.05, 4.69) is 53.3 Å². The summed E-state index contributed by atoms with van der Waals surface area (Å²) >= 11 is 3.59. The Morgan fingerprint density at radius 1 is 1.45 bits per heavy atom. The molecule has 1 aliphatic carbocycles. The number of ether oxygens (including phenoxy) is 1. The minimum atomic E-state index is 0.0617. The van der Waals surface area contributed by atoms with Crippen molar-refractivity contribution in [3.63, 3.8) is 0 Å². The highest BCUT2D eigenvalue weighted by Crippen LogP contribution is 2.50. The van der Waals surface area contributed by atoms with Crippen LogP contribution in [-0.4, -0.2) is 12.1 Å². The van der Waals surface area contributed by atoms with Crippen LogP contribution in [0, 0.1) is 5.92 Å². The third kappa shape index (κ3) is 2.50. The average molecular weight is 338 g/mol. The first-order chi connectivity index (χ1) is 9.64. The summed E-state index contributed by atoms with van der Waals surface area (Å²) in [5, 5.41) is 3.73. The highest BCUT2D eigenvalue weighted by molar-refractivity contribution is 9.10. The van der Waals surface area contributed by atoms with E-state index in [-0.39, 0.29) is 5.60 Å². The maximum absolute atomic E-state index is 6.50. The van der Waals surface area contributed by atoms with Gasteiger partial charge in [-0.2, -0.15) is 0 Å². The molecule has 1 fully saturated rings. The SMILES string of the molecule is CCCNC1CC2(CCCC2C)Oc2ccc(Br)cc21. The van der Waals surface area contributed by atoms with Crippen molar-refractivity contribution in [1.82, 2.24) is 5.32 Å².